The predicted octanol–water partition coefficient (Wildman–Crippen LogP) is 3.45. The van der Waals surface area contributed by atoms with Gasteiger partial charge in [0, 0.05) is 11.9 Å². The lowest BCUT2D eigenvalue weighted by molar-refractivity contribution is 0.102. The number of rotatable bonds is 4. The number of halogens is 1. The first kappa shape index (κ1) is 14.5. The Bertz CT molecular complexity index is 639. The number of benzene rings is 1. The number of thiazole rings is 1. The van der Waals surface area contributed by atoms with E-state index in [1.807, 2.05) is 13.8 Å². The van der Waals surface area contributed by atoms with Crippen LogP contribution in [0.2, 0.25) is 0 Å². The van der Waals surface area contributed by atoms with E-state index >= 15 is 0 Å². The van der Waals surface area contributed by atoms with Crippen LogP contribution >= 0.6 is 11.3 Å². The van der Waals surface area contributed by atoms with E-state index in [1.54, 1.807) is 13.1 Å². The normalized spacial score (nSPS) is 10.4. The largest absolute Gasteiger partial charge is 0.385 e. The number of amides is 1. The molecule has 1 aromatic carbocycles. The van der Waals surface area contributed by atoms with Crippen molar-refractivity contribution in [2.45, 2.75) is 20.3 Å². The lowest BCUT2D eigenvalue weighted by Crippen LogP contribution is -2.14. The molecule has 0 radical (unpaired) electrons. The maximum Gasteiger partial charge on any atom is 0.259 e. The zero-order chi connectivity index (χ0) is 14.7. The van der Waals surface area contributed by atoms with Gasteiger partial charge in [-0.2, -0.15) is 0 Å². The number of para-hydroxylation sites is 1. The molecule has 0 aliphatic rings. The second kappa shape index (κ2) is 6.00. The summed E-state index contributed by atoms with van der Waals surface area (Å²) in [7, 11) is 1.58. The van der Waals surface area contributed by atoms with E-state index in [1.165, 1.54) is 23.5 Å². The van der Waals surface area contributed by atoms with Crippen LogP contribution in [-0.4, -0.2) is 17.9 Å². The third kappa shape index (κ3) is 2.80. The number of carbonyl (C=O) groups is 1. The zero-order valence-electron chi connectivity index (χ0n) is 11.6. The van der Waals surface area contributed by atoms with Gasteiger partial charge in [-0.15, -0.1) is 11.3 Å². The molecule has 0 saturated carbocycles. The van der Waals surface area contributed by atoms with Gasteiger partial charge in [-0.25, -0.2) is 9.37 Å². The summed E-state index contributed by atoms with van der Waals surface area (Å²) < 4.78 is 13.6. The van der Waals surface area contributed by atoms with Crippen LogP contribution < -0.4 is 10.6 Å². The van der Waals surface area contributed by atoms with Crippen LogP contribution in [0.4, 0.5) is 15.2 Å². The van der Waals surface area contributed by atoms with E-state index < -0.39 is 5.82 Å². The van der Waals surface area contributed by atoms with Crippen molar-refractivity contribution < 1.29 is 9.18 Å². The number of hydrogen-bond acceptors (Lipinski definition) is 4. The Morgan fingerprint density at radius 3 is 2.80 bits per heavy atom. The fraction of sp³-hybridized carbons (Fsp3) is 0.286. The molecule has 2 aromatic rings. The minimum atomic E-state index is -0.454. The van der Waals surface area contributed by atoms with Crippen LogP contribution in [0, 0.1) is 12.7 Å². The molecule has 20 heavy (non-hydrogen) atoms. The second-order valence-corrected chi connectivity index (χ2v) is 5.45. The molecule has 0 bridgehead atoms. The Hall–Kier alpha value is -1.95. The first-order valence-corrected chi connectivity index (χ1v) is 7.12. The topological polar surface area (TPSA) is 54.0 Å². The average Bonchev–Trinajstić information content (AvgIpc) is 2.78. The van der Waals surface area contributed by atoms with E-state index in [0.29, 0.717) is 5.13 Å². The van der Waals surface area contributed by atoms with Crippen LogP contribution in [0.1, 0.15) is 27.9 Å². The predicted molar refractivity (Wildman–Crippen MR) is 80.1 cm³/mol. The Kier molecular flexibility index (Phi) is 4.34. The van der Waals surface area contributed by atoms with Gasteiger partial charge in [-0.1, -0.05) is 13.0 Å². The van der Waals surface area contributed by atoms with E-state index in [0.717, 1.165) is 17.0 Å². The quantitative estimate of drug-likeness (QED) is 0.908. The third-order valence-electron chi connectivity index (χ3n) is 2.96. The van der Waals surface area contributed by atoms with Crippen LogP contribution in [0.3, 0.4) is 0 Å². The Morgan fingerprint density at radius 1 is 1.45 bits per heavy atom. The van der Waals surface area contributed by atoms with E-state index in [4.69, 9.17) is 0 Å². The lowest BCUT2D eigenvalue weighted by atomic mass is 10.1. The minimum absolute atomic E-state index is 0.189. The van der Waals surface area contributed by atoms with Gasteiger partial charge >= 0.3 is 0 Å². The Morgan fingerprint density at radius 2 is 2.20 bits per heavy atom. The van der Waals surface area contributed by atoms with Gasteiger partial charge in [0.05, 0.1) is 16.9 Å². The van der Waals surface area contributed by atoms with Gasteiger partial charge in [0.1, 0.15) is 5.82 Å². The summed E-state index contributed by atoms with van der Waals surface area (Å²) in [5.74, 6) is -0.824. The number of nitrogens with one attached hydrogen (secondary N) is 2. The van der Waals surface area contributed by atoms with E-state index in [9.17, 15) is 9.18 Å². The van der Waals surface area contributed by atoms with Crippen LogP contribution in [0.5, 0.6) is 0 Å². The number of anilines is 2. The van der Waals surface area contributed by atoms with Gasteiger partial charge in [-0.3, -0.25) is 10.1 Å². The molecule has 6 heteroatoms. The Balaban J connectivity index is 2.26. The molecule has 0 saturated heterocycles. The summed E-state index contributed by atoms with van der Waals surface area (Å²) in [5.41, 5.74) is 1.42. The van der Waals surface area contributed by atoms with Crippen LogP contribution in [0.25, 0.3) is 0 Å². The summed E-state index contributed by atoms with van der Waals surface area (Å²) in [5, 5.41) is 5.96. The number of carbonyl (C=O) groups excluding carboxylic acids is 1. The maximum atomic E-state index is 13.6. The number of hydrogen-bond donors (Lipinski definition) is 2. The average molecular weight is 293 g/mol. The molecular formula is C14H16FN3OS. The number of aryl methyl sites for hydroxylation is 2. The summed E-state index contributed by atoms with van der Waals surface area (Å²) in [4.78, 5) is 17.6. The molecule has 4 nitrogen and oxygen atoms in total. The number of nitrogens with zero attached hydrogens (tertiary/aromatic N) is 1. The fourth-order valence-electron chi connectivity index (χ4n) is 1.94. The highest BCUT2D eigenvalue weighted by molar-refractivity contribution is 7.15. The fourth-order valence-corrected chi connectivity index (χ4v) is 2.84. The van der Waals surface area contributed by atoms with Crippen LogP contribution in [0.15, 0.2) is 18.2 Å². The molecule has 1 amide bonds. The summed E-state index contributed by atoms with van der Waals surface area (Å²) in [6.45, 7) is 3.98. The molecule has 0 spiro atoms. The minimum Gasteiger partial charge on any atom is -0.385 e. The van der Waals surface area contributed by atoms with E-state index in [2.05, 4.69) is 15.6 Å². The van der Waals surface area contributed by atoms with Crippen molar-refractivity contribution in [1.29, 1.82) is 0 Å². The van der Waals surface area contributed by atoms with Gasteiger partial charge in [0.2, 0.25) is 0 Å². The van der Waals surface area contributed by atoms with Gasteiger partial charge in [0.25, 0.3) is 5.91 Å². The van der Waals surface area contributed by atoms with Gasteiger partial charge < -0.3 is 5.32 Å². The third-order valence-corrected chi connectivity index (χ3v) is 3.88. The molecular weight excluding hydrogens is 277 g/mol. The molecule has 0 atom stereocenters. The summed E-state index contributed by atoms with van der Waals surface area (Å²) >= 11 is 1.42. The highest BCUT2D eigenvalue weighted by atomic mass is 32.1. The van der Waals surface area contributed by atoms with Crippen molar-refractivity contribution in [3.8, 4) is 0 Å². The maximum absolute atomic E-state index is 13.6. The molecule has 2 rings (SSSR count). The highest BCUT2D eigenvalue weighted by Gasteiger charge is 2.16. The van der Waals surface area contributed by atoms with Crippen molar-refractivity contribution in [3.63, 3.8) is 0 Å². The van der Waals surface area contributed by atoms with Crippen molar-refractivity contribution in [2.75, 3.05) is 17.7 Å². The Labute approximate surface area is 121 Å². The molecule has 2 N–H and O–H groups in total. The van der Waals surface area contributed by atoms with E-state index in [-0.39, 0.29) is 17.2 Å². The highest BCUT2D eigenvalue weighted by Crippen LogP contribution is 2.25. The molecule has 0 fully saturated rings. The zero-order valence-corrected chi connectivity index (χ0v) is 12.4. The lowest BCUT2D eigenvalue weighted by Gasteiger charge is -2.09. The van der Waals surface area contributed by atoms with Gasteiger partial charge in [-0.05, 0) is 25.5 Å². The summed E-state index contributed by atoms with van der Waals surface area (Å²) in [6, 6.07) is 4.40. The monoisotopic (exact) mass is 293 g/mol. The second-order valence-electron chi connectivity index (χ2n) is 4.24. The van der Waals surface area contributed by atoms with Crippen molar-refractivity contribution in [3.05, 3.63) is 40.2 Å². The molecule has 0 aliphatic heterocycles. The first-order chi connectivity index (χ1) is 9.56. The number of aromatic nitrogens is 1. The summed E-state index contributed by atoms with van der Waals surface area (Å²) in [6.07, 6.45) is 0.819. The van der Waals surface area contributed by atoms with Crippen molar-refractivity contribution in [1.82, 2.24) is 4.98 Å². The van der Waals surface area contributed by atoms with Crippen molar-refractivity contribution >= 4 is 28.1 Å². The smallest absolute Gasteiger partial charge is 0.259 e. The molecule has 0 aliphatic carbocycles. The standard InChI is InChI=1S/C14H16FN3OS/c1-4-11-8(2)20-14(17-11)18-13(19)9-6-5-7-10(15)12(9)16-3/h5-7,16H,4H2,1-3H3,(H,17,18,19). The SMILES string of the molecule is CCc1nc(NC(=O)c2cccc(F)c2NC)sc1C. The molecule has 106 valence electrons. The molecule has 0 unspecified atom stereocenters. The first-order valence-electron chi connectivity index (χ1n) is 6.30. The van der Waals surface area contributed by atoms with Crippen LogP contribution in [-0.2, 0) is 6.42 Å². The van der Waals surface area contributed by atoms with Crippen molar-refractivity contribution in [2.24, 2.45) is 0 Å². The van der Waals surface area contributed by atoms with Gasteiger partial charge in [0.15, 0.2) is 5.13 Å². The molecule has 1 heterocycles. The molecule has 1 aromatic heterocycles.